The van der Waals surface area contributed by atoms with Crippen molar-refractivity contribution in [1.29, 1.82) is 0 Å². The summed E-state index contributed by atoms with van der Waals surface area (Å²) >= 11 is 5.74. The van der Waals surface area contributed by atoms with Crippen molar-refractivity contribution < 1.29 is 18.3 Å². The highest BCUT2D eigenvalue weighted by Crippen LogP contribution is 2.19. The fourth-order valence-corrected chi connectivity index (χ4v) is 3.62. The molecule has 0 saturated carbocycles. The summed E-state index contributed by atoms with van der Waals surface area (Å²) in [6.07, 6.45) is 0. The maximum atomic E-state index is 12.4. The predicted octanol–water partition coefficient (Wildman–Crippen LogP) is 1.15. The van der Waals surface area contributed by atoms with Gasteiger partial charge in [0.2, 0.25) is 10.0 Å². The molecule has 1 saturated heterocycles. The van der Waals surface area contributed by atoms with Crippen LogP contribution >= 0.6 is 24.0 Å². The first-order valence-corrected chi connectivity index (χ1v) is 7.91. The summed E-state index contributed by atoms with van der Waals surface area (Å²) in [6, 6.07) is 6.02. The molecule has 118 valence electrons. The van der Waals surface area contributed by atoms with Crippen molar-refractivity contribution in [2.24, 2.45) is 0 Å². The molecule has 1 aromatic carbocycles. The predicted molar refractivity (Wildman–Crippen MR) is 81.5 cm³/mol. The highest BCUT2D eigenvalue weighted by Gasteiger charge is 2.28. The van der Waals surface area contributed by atoms with Crippen LogP contribution in [-0.2, 0) is 14.8 Å². The Labute approximate surface area is 134 Å². The van der Waals surface area contributed by atoms with Gasteiger partial charge in [-0.25, -0.2) is 8.42 Å². The van der Waals surface area contributed by atoms with Gasteiger partial charge in [0.05, 0.1) is 11.4 Å². The number of benzene rings is 1. The van der Waals surface area contributed by atoms with Gasteiger partial charge in [-0.3, -0.25) is 9.69 Å². The zero-order chi connectivity index (χ0) is 14.8. The minimum Gasteiger partial charge on any atom is -0.480 e. The monoisotopic (exact) mass is 354 g/mol. The number of nitrogens with zero attached hydrogens (tertiary/aromatic N) is 2. The van der Waals surface area contributed by atoms with Crippen molar-refractivity contribution in [3.63, 3.8) is 0 Å². The third-order valence-corrected chi connectivity index (χ3v) is 5.31. The summed E-state index contributed by atoms with van der Waals surface area (Å²) in [5.74, 6) is -0.904. The number of hydrogen-bond donors (Lipinski definition) is 1. The smallest absolute Gasteiger partial charge is 0.317 e. The molecule has 0 bridgehead atoms. The Kier molecular flexibility index (Phi) is 6.42. The van der Waals surface area contributed by atoms with Gasteiger partial charge in [0.1, 0.15) is 0 Å². The molecular weight excluding hydrogens is 339 g/mol. The quantitative estimate of drug-likeness (QED) is 0.877. The van der Waals surface area contributed by atoms with Gasteiger partial charge in [-0.2, -0.15) is 4.31 Å². The second-order valence-electron chi connectivity index (χ2n) is 4.53. The highest BCUT2D eigenvalue weighted by molar-refractivity contribution is 7.89. The summed E-state index contributed by atoms with van der Waals surface area (Å²) < 4.78 is 26.1. The molecule has 0 amide bonds. The van der Waals surface area contributed by atoms with E-state index in [9.17, 15) is 13.2 Å². The van der Waals surface area contributed by atoms with Crippen LogP contribution in [0.2, 0.25) is 5.02 Å². The fourth-order valence-electron chi connectivity index (χ4n) is 2.07. The van der Waals surface area contributed by atoms with E-state index in [0.29, 0.717) is 18.1 Å². The van der Waals surface area contributed by atoms with E-state index in [1.807, 2.05) is 0 Å². The zero-order valence-corrected chi connectivity index (χ0v) is 13.5. The molecule has 1 heterocycles. The summed E-state index contributed by atoms with van der Waals surface area (Å²) in [6.45, 7) is 1.35. The average Bonchev–Trinajstić information content (AvgIpc) is 2.39. The number of hydrogen-bond acceptors (Lipinski definition) is 4. The van der Waals surface area contributed by atoms with Crippen LogP contribution in [0.3, 0.4) is 0 Å². The van der Waals surface area contributed by atoms with Crippen LogP contribution in [0, 0.1) is 0 Å². The van der Waals surface area contributed by atoms with E-state index in [1.165, 1.54) is 28.6 Å². The maximum Gasteiger partial charge on any atom is 0.317 e. The Hall–Kier alpha value is -0.860. The molecule has 9 heteroatoms. The lowest BCUT2D eigenvalue weighted by molar-refractivity contribution is -0.138. The number of sulfonamides is 1. The van der Waals surface area contributed by atoms with Crippen LogP contribution in [-0.4, -0.2) is 61.4 Å². The fraction of sp³-hybridized carbons (Fsp3) is 0.417. The third-order valence-electron chi connectivity index (χ3n) is 3.14. The van der Waals surface area contributed by atoms with Gasteiger partial charge in [-0.15, -0.1) is 12.4 Å². The number of halogens is 2. The molecule has 0 atom stereocenters. The van der Waals surface area contributed by atoms with Gasteiger partial charge in [-0.05, 0) is 24.3 Å². The number of rotatable bonds is 4. The topological polar surface area (TPSA) is 77.9 Å². The van der Waals surface area contributed by atoms with Crippen molar-refractivity contribution in [2.75, 3.05) is 32.7 Å². The van der Waals surface area contributed by atoms with Crippen LogP contribution in [0.15, 0.2) is 29.2 Å². The molecule has 0 spiro atoms. The Morgan fingerprint density at radius 2 is 1.67 bits per heavy atom. The van der Waals surface area contributed by atoms with E-state index in [-0.39, 0.29) is 36.9 Å². The minimum atomic E-state index is -3.53. The van der Waals surface area contributed by atoms with Crippen LogP contribution in [0.25, 0.3) is 0 Å². The first-order chi connectivity index (χ1) is 9.39. The molecule has 0 unspecified atom stereocenters. The Morgan fingerprint density at radius 3 is 2.14 bits per heavy atom. The first-order valence-electron chi connectivity index (χ1n) is 6.09. The zero-order valence-electron chi connectivity index (χ0n) is 11.1. The second kappa shape index (κ2) is 7.42. The molecule has 21 heavy (non-hydrogen) atoms. The van der Waals surface area contributed by atoms with E-state index in [4.69, 9.17) is 16.7 Å². The van der Waals surface area contributed by atoms with Gasteiger partial charge < -0.3 is 5.11 Å². The number of carbonyl (C=O) groups is 1. The summed E-state index contributed by atoms with van der Waals surface area (Å²) in [7, 11) is -3.53. The largest absolute Gasteiger partial charge is 0.480 e. The third kappa shape index (κ3) is 4.55. The van der Waals surface area contributed by atoms with E-state index in [2.05, 4.69) is 0 Å². The summed E-state index contributed by atoms with van der Waals surface area (Å²) in [5.41, 5.74) is 0. The Bertz CT molecular complexity index is 584. The SMILES string of the molecule is Cl.O=C(O)CN1CCN(S(=O)(=O)c2ccc(Cl)cc2)CC1. The van der Waals surface area contributed by atoms with E-state index in [0.717, 1.165) is 0 Å². The maximum absolute atomic E-state index is 12.4. The van der Waals surface area contributed by atoms with Crippen LogP contribution < -0.4 is 0 Å². The molecule has 2 rings (SSSR count). The lowest BCUT2D eigenvalue weighted by atomic mass is 10.3. The molecule has 0 aliphatic carbocycles. The van der Waals surface area contributed by atoms with Gasteiger partial charge in [-0.1, -0.05) is 11.6 Å². The molecule has 1 fully saturated rings. The molecule has 0 aromatic heterocycles. The van der Waals surface area contributed by atoms with E-state index >= 15 is 0 Å². The first kappa shape index (κ1) is 18.2. The number of carboxylic acid groups (broad SMARTS) is 1. The van der Waals surface area contributed by atoms with Crippen molar-refractivity contribution >= 4 is 40.0 Å². The summed E-state index contributed by atoms with van der Waals surface area (Å²) in [4.78, 5) is 12.5. The molecule has 1 aromatic rings. The molecular formula is C12H16Cl2N2O4S. The molecule has 1 aliphatic heterocycles. The minimum absolute atomic E-state index is 0. The average molecular weight is 355 g/mol. The molecule has 6 nitrogen and oxygen atoms in total. The van der Waals surface area contributed by atoms with Crippen molar-refractivity contribution in [3.8, 4) is 0 Å². The van der Waals surface area contributed by atoms with Gasteiger partial charge in [0, 0.05) is 31.2 Å². The standard InChI is InChI=1S/C12H15ClN2O4S.ClH/c13-10-1-3-11(4-2-10)20(18,19)15-7-5-14(6-8-15)9-12(16)17;/h1-4H,5-9H2,(H,16,17);1H. The number of piperazine rings is 1. The highest BCUT2D eigenvalue weighted by atomic mass is 35.5. The van der Waals surface area contributed by atoms with Gasteiger partial charge in [0.25, 0.3) is 0 Å². The van der Waals surface area contributed by atoms with Crippen molar-refractivity contribution in [1.82, 2.24) is 9.21 Å². The van der Waals surface area contributed by atoms with Gasteiger partial charge >= 0.3 is 5.97 Å². The lowest BCUT2D eigenvalue weighted by Gasteiger charge is -2.32. The van der Waals surface area contributed by atoms with E-state index in [1.54, 1.807) is 4.90 Å². The molecule has 1 aliphatic rings. The number of carboxylic acids is 1. The Morgan fingerprint density at radius 1 is 1.14 bits per heavy atom. The van der Waals surface area contributed by atoms with Crippen LogP contribution in [0.1, 0.15) is 0 Å². The normalized spacial score (nSPS) is 17.2. The lowest BCUT2D eigenvalue weighted by Crippen LogP contribution is -2.49. The van der Waals surface area contributed by atoms with Crippen LogP contribution in [0.4, 0.5) is 0 Å². The van der Waals surface area contributed by atoms with Gasteiger partial charge in [0.15, 0.2) is 0 Å². The second-order valence-corrected chi connectivity index (χ2v) is 6.90. The van der Waals surface area contributed by atoms with Crippen molar-refractivity contribution in [2.45, 2.75) is 4.90 Å². The van der Waals surface area contributed by atoms with Crippen molar-refractivity contribution in [3.05, 3.63) is 29.3 Å². The van der Waals surface area contributed by atoms with Crippen LogP contribution in [0.5, 0.6) is 0 Å². The molecule has 1 N–H and O–H groups in total. The Balaban J connectivity index is 0.00000220. The summed E-state index contributed by atoms with van der Waals surface area (Å²) in [5, 5.41) is 9.19. The molecule has 0 radical (unpaired) electrons. The number of aliphatic carboxylic acids is 1. The van der Waals surface area contributed by atoms with E-state index < -0.39 is 16.0 Å².